The summed E-state index contributed by atoms with van der Waals surface area (Å²) in [6.45, 7) is 0.735. The number of rotatable bonds is 3. The highest BCUT2D eigenvalue weighted by atomic mass is 32.1. The van der Waals surface area contributed by atoms with E-state index in [1.54, 1.807) is 19.2 Å². The lowest BCUT2D eigenvalue weighted by molar-refractivity contribution is 0.0782. The lowest BCUT2D eigenvalue weighted by Crippen LogP contribution is -2.26. The molecule has 1 amide bonds. The third-order valence-electron chi connectivity index (χ3n) is 2.83. The number of benzene rings is 1. The molecule has 2 N–H and O–H groups in total. The van der Waals surface area contributed by atoms with Crippen LogP contribution in [0.25, 0.3) is 0 Å². The van der Waals surface area contributed by atoms with E-state index < -0.39 is 5.82 Å². The second-order valence-electron chi connectivity index (χ2n) is 4.45. The summed E-state index contributed by atoms with van der Waals surface area (Å²) in [5.41, 5.74) is 6.29. The molecule has 0 radical (unpaired) electrons. The molecule has 1 heterocycles. The summed E-state index contributed by atoms with van der Waals surface area (Å²) in [7, 11) is 1.65. The van der Waals surface area contributed by atoms with E-state index in [-0.39, 0.29) is 11.5 Å². The van der Waals surface area contributed by atoms with Gasteiger partial charge >= 0.3 is 0 Å². The SMILES string of the molecule is CN(Cc1cc(C#CCN)cs1)C(=O)c1ccccc1F. The topological polar surface area (TPSA) is 46.3 Å². The number of hydrogen-bond donors (Lipinski definition) is 1. The van der Waals surface area contributed by atoms with Crippen molar-refractivity contribution >= 4 is 17.2 Å². The average Bonchev–Trinajstić information content (AvgIpc) is 2.92. The van der Waals surface area contributed by atoms with Crippen molar-refractivity contribution in [2.24, 2.45) is 5.73 Å². The second kappa shape index (κ2) is 7.02. The Hall–Kier alpha value is -2.16. The molecule has 2 aromatic rings. The lowest BCUT2D eigenvalue weighted by atomic mass is 10.2. The van der Waals surface area contributed by atoms with Gasteiger partial charge < -0.3 is 10.6 Å². The van der Waals surface area contributed by atoms with Crippen molar-refractivity contribution in [1.82, 2.24) is 4.90 Å². The lowest BCUT2D eigenvalue weighted by Gasteiger charge is -2.16. The predicted molar refractivity (Wildman–Crippen MR) is 82.4 cm³/mol. The van der Waals surface area contributed by atoms with Crippen LogP contribution < -0.4 is 5.73 Å². The standard InChI is InChI=1S/C16H15FN2OS/c1-19(16(20)14-6-2-3-7-15(14)17)10-13-9-12(11-21-13)5-4-8-18/h2-3,6-7,9,11H,8,10,18H2,1H3. The third kappa shape index (κ3) is 3.91. The first-order valence-corrected chi connectivity index (χ1v) is 7.26. The van der Waals surface area contributed by atoms with Crippen LogP contribution >= 0.6 is 11.3 Å². The van der Waals surface area contributed by atoms with Gasteiger partial charge in [0.25, 0.3) is 5.91 Å². The highest BCUT2D eigenvalue weighted by Crippen LogP contribution is 2.17. The first-order chi connectivity index (χ1) is 10.1. The zero-order valence-electron chi connectivity index (χ0n) is 11.6. The number of nitrogens with zero attached hydrogens (tertiary/aromatic N) is 1. The van der Waals surface area contributed by atoms with Crippen LogP contribution in [0.1, 0.15) is 20.8 Å². The molecule has 1 aromatic carbocycles. The van der Waals surface area contributed by atoms with Crippen LogP contribution in [-0.2, 0) is 6.54 Å². The number of carbonyl (C=O) groups excluding carboxylic acids is 1. The third-order valence-corrected chi connectivity index (χ3v) is 3.75. The maximum Gasteiger partial charge on any atom is 0.256 e. The molecular weight excluding hydrogens is 287 g/mol. The molecule has 0 saturated carbocycles. The second-order valence-corrected chi connectivity index (χ2v) is 5.44. The van der Waals surface area contributed by atoms with Gasteiger partial charge in [-0.15, -0.1) is 11.3 Å². The van der Waals surface area contributed by atoms with Crippen LogP contribution in [0.3, 0.4) is 0 Å². The molecule has 0 aliphatic heterocycles. The van der Waals surface area contributed by atoms with Crippen LogP contribution in [0.2, 0.25) is 0 Å². The fourth-order valence-corrected chi connectivity index (χ4v) is 2.70. The van der Waals surface area contributed by atoms with E-state index in [1.165, 1.54) is 28.4 Å². The fraction of sp³-hybridized carbons (Fsp3) is 0.188. The molecule has 108 valence electrons. The van der Waals surface area contributed by atoms with Gasteiger partial charge in [-0.2, -0.15) is 0 Å². The molecular formula is C16H15FN2OS. The molecule has 0 aliphatic rings. The van der Waals surface area contributed by atoms with Crippen LogP contribution in [0.15, 0.2) is 35.7 Å². The first-order valence-electron chi connectivity index (χ1n) is 6.38. The molecule has 0 unspecified atom stereocenters. The van der Waals surface area contributed by atoms with Gasteiger partial charge in [-0.3, -0.25) is 4.79 Å². The van der Waals surface area contributed by atoms with E-state index in [1.807, 2.05) is 11.4 Å². The van der Waals surface area contributed by atoms with Gasteiger partial charge in [-0.25, -0.2) is 4.39 Å². The quantitative estimate of drug-likeness (QED) is 0.885. The summed E-state index contributed by atoms with van der Waals surface area (Å²) in [4.78, 5) is 14.7. The smallest absolute Gasteiger partial charge is 0.256 e. The van der Waals surface area contributed by atoms with E-state index in [4.69, 9.17) is 5.73 Å². The predicted octanol–water partition coefficient (Wildman–Crippen LogP) is 2.47. The minimum Gasteiger partial charge on any atom is -0.336 e. The summed E-state index contributed by atoms with van der Waals surface area (Å²) >= 11 is 1.51. The Morgan fingerprint density at radius 1 is 1.43 bits per heavy atom. The van der Waals surface area contributed by atoms with Crippen molar-refractivity contribution in [3.05, 3.63) is 57.5 Å². The fourth-order valence-electron chi connectivity index (χ4n) is 1.83. The van der Waals surface area contributed by atoms with Gasteiger partial charge in [0, 0.05) is 22.9 Å². The van der Waals surface area contributed by atoms with Gasteiger partial charge in [0.2, 0.25) is 0 Å². The number of nitrogens with two attached hydrogens (primary N) is 1. The van der Waals surface area contributed by atoms with Gasteiger partial charge in [0.05, 0.1) is 18.7 Å². The zero-order valence-corrected chi connectivity index (χ0v) is 12.4. The number of hydrogen-bond acceptors (Lipinski definition) is 3. The van der Waals surface area contributed by atoms with E-state index >= 15 is 0 Å². The van der Waals surface area contributed by atoms with Crippen LogP contribution in [0.5, 0.6) is 0 Å². The van der Waals surface area contributed by atoms with Crippen molar-refractivity contribution in [1.29, 1.82) is 0 Å². The molecule has 0 aliphatic carbocycles. The van der Waals surface area contributed by atoms with Gasteiger partial charge in [-0.1, -0.05) is 24.0 Å². The van der Waals surface area contributed by atoms with Crippen molar-refractivity contribution in [2.45, 2.75) is 6.54 Å². The van der Waals surface area contributed by atoms with Crippen molar-refractivity contribution in [3.8, 4) is 11.8 Å². The first kappa shape index (κ1) is 15.2. The minimum absolute atomic E-state index is 0.0831. The molecule has 3 nitrogen and oxygen atoms in total. The number of carbonyl (C=O) groups is 1. The van der Waals surface area contributed by atoms with Crippen molar-refractivity contribution in [3.63, 3.8) is 0 Å². The summed E-state index contributed by atoms with van der Waals surface area (Å²) in [5.74, 6) is 4.88. The number of amides is 1. The van der Waals surface area contributed by atoms with Crippen LogP contribution in [0, 0.1) is 17.7 Å². The maximum absolute atomic E-state index is 13.6. The van der Waals surface area contributed by atoms with E-state index in [2.05, 4.69) is 11.8 Å². The number of halogens is 1. The zero-order chi connectivity index (χ0) is 15.2. The van der Waals surface area contributed by atoms with Gasteiger partial charge in [0.1, 0.15) is 5.82 Å². The normalized spacial score (nSPS) is 9.86. The Labute approximate surface area is 127 Å². The van der Waals surface area contributed by atoms with Crippen molar-refractivity contribution in [2.75, 3.05) is 13.6 Å². The molecule has 1 aromatic heterocycles. The molecule has 0 fully saturated rings. The molecule has 2 rings (SSSR count). The van der Waals surface area contributed by atoms with Crippen LogP contribution in [-0.4, -0.2) is 24.4 Å². The summed E-state index contributed by atoms with van der Waals surface area (Å²) < 4.78 is 13.6. The molecule has 0 saturated heterocycles. The largest absolute Gasteiger partial charge is 0.336 e. The highest BCUT2D eigenvalue weighted by Gasteiger charge is 2.16. The Bertz CT molecular complexity index is 700. The van der Waals surface area contributed by atoms with Gasteiger partial charge in [-0.05, 0) is 18.2 Å². The Morgan fingerprint density at radius 3 is 2.90 bits per heavy atom. The van der Waals surface area contributed by atoms with Crippen molar-refractivity contribution < 1.29 is 9.18 Å². The molecule has 0 bridgehead atoms. The van der Waals surface area contributed by atoms with E-state index in [9.17, 15) is 9.18 Å². The molecule has 5 heteroatoms. The highest BCUT2D eigenvalue weighted by molar-refractivity contribution is 7.10. The molecule has 21 heavy (non-hydrogen) atoms. The molecule has 0 atom stereocenters. The minimum atomic E-state index is -0.505. The van der Waals surface area contributed by atoms with E-state index in [0.29, 0.717) is 13.1 Å². The maximum atomic E-state index is 13.6. The Morgan fingerprint density at radius 2 is 2.19 bits per heavy atom. The van der Waals surface area contributed by atoms with Gasteiger partial charge in [0.15, 0.2) is 0 Å². The summed E-state index contributed by atoms with van der Waals surface area (Å²) in [6, 6.07) is 7.90. The van der Waals surface area contributed by atoms with Crippen LogP contribution in [0.4, 0.5) is 4.39 Å². The average molecular weight is 302 g/mol. The number of thiophene rings is 1. The molecule has 0 spiro atoms. The summed E-state index contributed by atoms with van der Waals surface area (Å²) in [6.07, 6.45) is 0. The monoisotopic (exact) mass is 302 g/mol. The Balaban J connectivity index is 2.07. The summed E-state index contributed by atoms with van der Waals surface area (Å²) in [5, 5.41) is 1.92. The van der Waals surface area contributed by atoms with E-state index in [0.717, 1.165) is 10.4 Å². The Kier molecular flexibility index (Phi) is 5.09.